The summed E-state index contributed by atoms with van der Waals surface area (Å²) in [5.74, 6) is 0.271. The van der Waals surface area contributed by atoms with Crippen LogP contribution in [0, 0.1) is 17.8 Å². The molecule has 1 saturated carbocycles. The van der Waals surface area contributed by atoms with Crippen molar-refractivity contribution in [3.63, 3.8) is 0 Å². The molecule has 0 unspecified atom stereocenters. The number of rotatable bonds is 3. The number of aliphatic hydroxyl groups is 1. The maximum Gasteiger partial charge on any atom is 0.264 e. The van der Waals surface area contributed by atoms with Crippen LogP contribution in [0.5, 0.6) is 5.75 Å². The summed E-state index contributed by atoms with van der Waals surface area (Å²) in [6.45, 7) is 9.47. The predicted molar refractivity (Wildman–Crippen MR) is 189 cm³/mol. The van der Waals surface area contributed by atoms with E-state index in [2.05, 4.69) is 14.5 Å². The van der Waals surface area contributed by atoms with Crippen LogP contribution in [0.3, 0.4) is 0 Å². The van der Waals surface area contributed by atoms with Crippen LogP contribution in [0.2, 0.25) is 5.02 Å². The number of ether oxygens (including phenoxy) is 2. The van der Waals surface area contributed by atoms with Gasteiger partial charge in [-0.2, -0.15) is 0 Å². The van der Waals surface area contributed by atoms with E-state index in [1.165, 1.54) is 5.56 Å². The van der Waals surface area contributed by atoms with E-state index < -0.39 is 26.8 Å². The Morgan fingerprint density at radius 1 is 1.00 bits per heavy atom. The fraction of sp³-hybridized carbons (Fsp3) is 0.649. The smallest absolute Gasteiger partial charge is 0.264 e. The number of carbonyl (C=O) groups excluding carboxylic acids is 1. The average Bonchev–Trinajstić information content (AvgIpc) is 3.08. The molecule has 2 aromatic carbocycles. The summed E-state index contributed by atoms with van der Waals surface area (Å²) in [7, 11) is -3.93. The van der Waals surface area contributed by atoms with E-state index >= 15 is 0 Å². The van der Waals surface area contributed by atoms with Crippen LogP contribution in [0.15, 0.2) is 36.4 Å². The zero-order chi connectivity index (χ0) is 33.9. The Balaban J connectivity index is 1.35. The maximum atomic E-state index is 13.5. The number of aryl methyl sites for hydroxylation is 1. The molecular formula is C37H52ClN3O6S. The molecule has 4 aliphatic rings. The van der Waals surface area contributed by atoms with E-state index in [4.69, 9.17) is 21.1 Å². The number of fused-ring (bicyclic) bond motifs is 3. The number of anilines is 1. The standard InChI is InChI=1S/C37H52ClN3O6S/c1-26-6-5-14-37(43,15-17-40-18-20-46-21-19-40)33-12-9-30(33)24-41-16-4-3-7-28-22-32(38)11-8-31(28)25-47-35-13-10-29(23-34(35)41)36(42)39-48(44,45)27(26)2/h8,10-11,13,22-23,26-27,30,33,43H,3-7,9,12,14-21,24-25H2,1-2H3,(H,39,42)/t26-,27+,30-,33+,37-/m0/s1. The Hall–Kier alpha value is -2.37. The fourth-order valence-electron chi connectivity index (χ4n) is 8.08. The van der Waals surface area contributed by atoms with Gasteiger partial charge in [-0.15, -0.1) is 0 Å². The van der Waals surface area contributed by atoms with Crippen molar-refractivity contribution in [1.82, 2.24) is 9.62 Å². The molecule has 2 bridgehead atoms. The second-order valence-corrected chi connectivity index (χ2v) is 17.1. The zero-order valence-electron chi connectivity index (χ0n) is 28.5. The highest BCUT2D eigenvalue weighted by molar-refractivity contribution is 7.90. The van der Waals surface area contributed by atoms with Gasteiger partial charge in [-0.25, -0.2) is 13.1 Å². The molecule has 0 aromatic heterocycles. The van der Waals surface area contributed by atoms with Gasteiger partial charge in [-0.05, 0) is 118 Å². The topological polar surface area (TPSA) is 108 Å². The number of sulfonamides is 1. The number of nitrogens with one attached hydrogen (secondary N) is 1. The van der Waals surface area contributed by atoms with Crippen molar-refractivity contribution < 1.29 is 27.8 Å². The molecule has 3 heterocycles. The third-order valence-corrected chi connectivity index (χ3v) is 13.7. The number of nitrogens with zero attached hydrogens (tertiary/aromatic N) is 2. The van der Waals surface area contributed by atoms with Gasteiger partial charge in [0.25, 0.3) is 5.91 Å². The van der Waals surface area contributed by atoms with Gasteiger partial charge in [0.05, 0.1) is 29.8 Å². The Morgan fingerprint density at radius 3 is 2.58 bits per heavy atom. The quantitative estimate of drug-likeness (QED) is 0.413. The van der Waals surface area contributed by atoms with Gasteiger partial charge >= 0.3 is 0 Å². The summed E-state index contributed by atoms with van der Waals surface area (Å²) in [6, 6.07) is 11.2. The molecule has 1 amide bonds. The molecule has 6 rings (SSSR count). The van der Waals surface area contributed by atoms with Crippen LogP contribution < -0.4 is 14.4 Å². The summed E-state index contributed by atoms with van der Waals surface area (Å²) >= 11 is 6.37. The van der Waals surface area contributed by atoms with Gasteiger partial charge in [-0.3, -0.25) is 9.69 Å². The number of halogens is 1. The first-order valence-corrected chi connectivity index (χ1v) is 19.8. The summed E-state index contributed by atoms with van der Waals surface area (Å²) in [6.07, 6.45) is 7.48. The number of morpholine rings is 1. The number of hydrogen-bond acceptors (Lipinski definition) is 8. The highest BCUT2D eigenvalue weighted by Crippen LogP contribution is 2.47. The van der Waals surface area contributed by atoms with E-state index in [0.29, 0.717) is 36.6 Å². The molecule has 3 aliphatic heterocycles. The Labute approximate surface area is 291 Å². The second-order valence-electron chi connectivity index (χ2n) is 14.6. The van der Waals surface area contributed by atoms with Crippen molar-refractivity contribution >= 4 is 33.2 Å². The van der Waals surface area contributed by atoms with E-state index in [1.807, 2.05) is 25.1 Å². The molecule has 0 radical (unpaired) electrons. The minimum absolute atomic E-state index is 0.142. The van der Waals surface area contributed by atoms with Crippen molar-refractivity contribution in [1.29, 1.82) is 0 Å². The molecule has 0 spiro atoms. The summed E-state index contributed by atoms with van der Waals surface area (Å²) < 4.78 is 41.3. The van der Waals surface area contributed by atoms with Crippen LogP contribution >= 0.6 is 11.6 Å². The normalized spacial score (nSPS) is 30.4. The molecule has 1 aliphatic carbocycles. The lowest BCUT2D eigenvalue weighted by Gasteiger charge is -2.50. The third-order valence-electron chi connectivity index (χ3n) is 11.6. The fourth-order valence-corrected chi connectivity index (χ4v) is 9.59. The highest BCUT2D eigenvalue weighted by Gasteiger charge is 2.47. The van der Waals surface area contributed by atoms with Gasteiger partial charge < -0.3 is 19.5 Å². The predicted octanol–water partition coefficient (Wildman–Crippen LogP) is 5.81. The minimum atomic E-state index is -3.93. The van der Waals surface area contributed by atoms with Gasteiger partial charge in [0.2, 0.25) is 10.0 Å². The van der Waals surface area contributed by atoms with Crippen molar-refractivity contribution in [3.8, 4) is 5.75 Å². The number of carbonyl (C=O) groups is 1. The van der Waals surface area contributed by atoms with Crippen molar-refractivity contribution in [2.45, 2.75) is 89.1 Å². The third kappa shape index (κ3) is 8.15. The lowest BCUT2D eigenvalue weighted by molar-refractivity contribution is -0.100. The van der Waals surface area contributed by atoms with Gasteiger partial charge in [-0.1, -0.05) is 31.0 Å². The largest absolute Gasteiger partial charge is 0.487 e. The molecule has 48 heavy (non-hydrogen) atoms. The maximum absolute atomic E-state index is 13.5. The average molecular weight is 702 g/mol. The van der Waals surface area contributed by atoms with Crippen molar-refractivity contribution in [2.75, 3.05) is 50.8 Å². The SMILES string of the molecule is C[C@@H]1[C@@H](C)CCC[C@](O)(CCN2CCOCC2)[C@@H]2CC[C@H]2CN2CCCCc3cc(Cl)ccc3COc3ccc(cc32)C(=O)NS1(=O)=O. The minimum Gasteiger partial charge on any atom is -0.487 e. The summed E-state index contributed by atoms with van der Waals surface area (Å²) in [5, 5.41) is 12.5. The van der Waals surface area contributed by atoms with Crippen LogP contribution in [-0.2, 0) is 27.8 Å². The first-order chi connectivity index (χ1) is 23.0. The van der Waals surface area contributed by atoms with Crippen molar-refractivity contribution in [2.24, 2.45) is 17.8 Å². The van der Waals surface area contributed by atoms with Crippen LogP contribution in [-0.4, -0.2) is 81.1 Å². The van der Waals surface area contributed by atoms with Gasteiger partial charge in [0.15, 0.2) is 0 Å². The van der Waals surface area contributed by atoms with E-state index in [1.54, 1.807) is 25.1 Å². The Bertz CT molecular complexity index is 1550. The zero-order valence-corrected chi connectivity index (χ0v) is 30.0. The van der Waals surface area contributed by atoms with Crippen LogP contribution in [0.1, 0.15) is 86.7 Å². The molecule has 2 N–H and O–H groups in total. The van der Waals surface area contributed by atoms with E-state index in [9.17, 15) is 18.3 Å². The molecule has 1 saturated heterocycles. The van der Waals surface area contributed by atoms with Crippen LogP contribution in [0.25, 0.3) is 0 Å². The highest BCUT2D eigenvalue weighted by atomic mass is 35.5. The second kappa shape index (κ2) is 15.3. The van der Waals surface area contributed by atoms with E-state index in [0.717, 1.165) is 95.7 Å². The molecular weight excluding hydrogens is 650 g/mol. The Morgan fingerprint density at radius 2 is 1.81 bits per heavy atom. The lowest BCUT2D eigenvalue weighted by atomic mass is 9.62. The van der Waals surface area contributed by atoms with Crippen LogP contribution in [0.4, 0.5) is 5.69 Å². The number of amides is 1. The monoisotopic (exact) mass is 701 g/mol. The Kier molecular flexibility index (Phi) is 11.3. The van der Waals surface area contributed by atoms with E-state index in [-0.39, 0.29) is 23.3 Å². The van der Waals surface area contributed by atoms with Crippen molar-refractivity contribution in [3.05, 3.63) is 58.1 Å². The number of benzene rings is 2. The molecule has 2 fully saturated rings. The van der Waals surface area contributed by atoms with Gasteiger partial charge in [0.1, 0.15) is 12.4 Å². The summed E-state index contributed by atoms with van der Waals surface area (Å²) in [5.41, 5.74) is 2.48. The molecule has 2 aromatic rings. The molecule has 264 valence electrons. The van der Waals surface area contributed by atoms with Gasteiger partial charge in [0, 0.05) is 43.3 Å². The number of hydrogen-bond donors (Lipinski definition) is 2. The molecule has 5 atom stereocenters. The first kappa shape index (κ1) is 35.5. The summed E-state index contributed by atoms with van der Waals surface area (Å²) in [4.78, 5) is 18.2. The molecule has 11 heteroatoms. The molecule has 9 nitrogen and oxygen atoms in total. The first-order valence-electron chi connectivity index (χ1n) is 17.9. The lowest BCUT2D eigenvalue weighted by Crippen LogP contribution is -2.52.